The first-order valence-corrected chi connectivity index (χ1v) is 21.1. The summed E-state index contributed by atoms with van der Waals surface area (Å²) in [7, 11) is 0. The monoisotopic (exact) mass is 986 g/mol. The Bertz CT molecular complexity index is 2310. The van der Waals surface area contributed by atoms with Gasteiger partial charge in [-0.3, -0.25) is 34.2 Å². The van der Waals surface area contributed by atoms with Gasteiger partial charge in [-0.15, -0.1) is 22.7 Å². The van der Waals surface area contributed by atoms with Gasteiger partial charge in [0.2, 0.25) is 0 Å². The van der Waals surface area contributed by atoms with Crippen molar-refractivity contribution in [1.29, 1.82) is 0 Å². The molecule has 0 aromatic carbocycles. The number of Topliss-reactive ketones (excluding diaryl/α,β-unsaturated/α-hetero) is 1. The van der Waals surface area contributed by atoms with Crippen molar-refractivity contribution in [2.45, 2.75) is 130 Å². The van der Waals surface area contributed by atoms with E-state index in [4.69, 9.17) is 25.7 Å². The third kappa shape index (κ3) is 13.1. The normalized spacial score (nSPS) is 17.2. The molecular formula is C42H59BrMgN8O9S2. The van der Waals surface area contributed by atoms with E-state index < -0.39 is 51.6 Å². The Kier molecular flexibility index (Phi) is 18.3. The van der Waals surface area contributed by atoms with Crippen LogP contribution in [0.5, 0.6) is 0 Å². The molecule has 342 valence electrons. The van der Waals surface area contributed by atoms with E-state index in [2.05, 4.69) is 31.0 Å². The van der Waals surface area contributed by atoms with E-state index in [1.807, 2.05) is 55.4 Å². The summed E-state index contributed by atoms with van der Waals surface area (Å²) < 4.78 is 17.3. The van der Waals surface area contributed by atoms with Crippen molar-refractivity contribution in [3.8, 4) is 0 Å². The molecule has 1 saturated heterocycles. The molecule has 1 fully saturated rings. The number of aromatic nitrogens is 4. The van der Waals surface area contributed by atoms with Crippen molar-refractivity contribution in [2.75, 3.05) is 23.8 Å². The van der Waals surface area contributed by atoms with E-state index in [0.29, 0.717) is 39.7 Å². The van der Waals surface area contributed by atoms with Gasteiger partial charge in [0, 0.05) is 42.7 Å². The first-order valence-electron chi connectivity index (χ1n) is 19.5. The predicted molar refractivity (Wildman–Crippen MR) is 240 cm³/mol. The molecule has 0 radical (unpaired) electrons. The molecular weight excluding hydrogens is 929 g/mol. The van der Waals surface area contributed by atoms with E-state index in [9.17, 15) is 29.1 Å². The number of anilines is 2. The second-order valence-corrected chi connectivity index (χ2v) is 19.8. The molecule has 0 atom stereocenters. The number of carbonyl (C=O) groups is 5. The predicted octanol–water partition coefficient (Wildman–Crippen LogP) is 3.12. The van der Waals surface area contributed by atoms with Crippen LogP contribution in [0.1, 0.15) is 168 Å². The smallest absolute Gasteiger partial charge is 1.00 e. The van der Waals surface area contributed by atoms with E-state index in [-0.39, 0.29) is 70.3 Å². The second kappa shape index (κ2) is 20.7. The fraction of sp³-hybridized carbons (Fsp3) is 0.524. The summed E-state index contributed by atoms with van der Waals surface area (Å²) in [5.41, 5.74) is 11.0. The van der Waals surface area contributed by atoms with Crippen LogP contribution < -0.4 is 39.1 Å². The van der Waals surface area contributed by atoms with Gasteiger partial charge in [0.15, 0.2) is 11.5 Å². The quantitative estimate of drug-likeness (QED) is 0.0766. The van der Waals surface area contributed by atoms with Crippen LogP contribution in [0, 0.1) is 7.43 Å². The number of halogens is 1. The van der Waals surface area contributed by atoms with Crippen molar-refractivity contribution in [1.82, 2.24) is 20.4 Å². The summed E-state index contributed by atoms with van der Waals surface area (Å²) in [5, 5.41) is 29.2. The summed E-state index contributed by atoms with van der Waals surface area (Å²) in [6.07, 6.45) is 3.58. The number of aromatic amines is 2. The largest absolute Gasteiger partial charge is 2.00 e. The van der Waals surface area contributed by atoms with E-state index >= 15 is 0 Å². The first kappa shape index (κ1) is 55.6. The molecule has 7 rings (SSSR count). The number of carbonyl (C=O) groups excluding carboxylic acids is 5. The molecule has 0 aliphatic carbocycles. The third-order valence-corrected chi connectivity index (χ3v) is 12.7. The molecule has 4 aromatic rings. The number of primary amides is 2. The zero-order valence-corrected chi connectivity index (χ0v) is 42.7. The Morgan fingerprint density at radius 2 is 1.17 bits per heavy atom. The molecule has 7 heterocycles. The van der Waals surface area contributed by atoms with E-state index in [0.717, 1.165) is 34.1 Å². The Hall–Kier alpha value is -3.54. The first-order chi connectivity index (χ1) is 27.6. The number of hydrogen-bond donors (Lipinski definition) is 7. The van der Waals surface area contributed by atoms with Crippen LogP contribution in [-0.2, 0) is 43.9 Å². The average Bonchev–Trinajstić information content (AvgIpc) is 3.93. The molecule has 0 spiro atoms. The number of nitrogens with two attached hydrogens (primary N) is 2. The van der Waals surface area contributed by atoms with Crippen LogP contribution >= 0.6 is 22.7 Å². The number of hydrogen-bond acceptors (Lipinski definition) is 13. The number of aliphatic hydroxyl groups is 1. The molecule has 3 aliphatic rings. The molecule has 21 heteroatoms. The van der Waals surface area contributed by atoms with Gasteiger partial charge in [-0.25, -0.2) is 0 Å². The topological polar surface area (TPSA) is 267 Å². The summed E-state index contributed by atoms with van der Waals surface area (Å²) in [6, 6.07) is 2.84. The molecule has 63 heavy (non-hydrogen) atoms. The minimum absolute atomic E-state index is 0. The minimum Gasteiger partial charge on any atom is -1.00 e. The van der Waals surface area contributed by atoms with Gasteiger partial charge in [-0.2, -0.15) is 10.2 Å². The fourth-order valence-electron chi connectivity index (χ4n) is 7.55. The number of nitrogens with one attached hydrogen (secondary N) is 4. The number of amides is 4. The summed E-state index contributed by atoms with van der Waals surface area (Å²) in [4.78, 5) is 62.7. The maximum atomic E-state index is 12.7. The number of nitrogens with zero attached hydrogens (tertiary/aromatic N) is 2. The van der Waals surface area contributed by atoms with Crippen LogP contribution in [-0.4, -0.2) is 102 Å². The average molecular weight is 988 g/mol. The number of ether oxygens (including phenoxy) is 3. The molecule has 4 amide bonds. The van der Waals surface area contributed by atoms with Gasteiger partial charge in [0.25, 0.3) is 23.6 Å². The molecule has 3 aliphatic heterocycles. The number of rotatable bonds is 8. The van der Waals surface area contributed by atoms with Crippen LogP contribution in [0.3, 0.4) is 0 Å². The SMILES string of the molecule is C1CCOC1.CC(=O)c1cc(C(=O)Nc2sc3c(c2C(N)=O)CC(C)(C)OC3(C)C)[nH]n1.CC1(C)Cc2c(sc(NC(=O)c3cc(C(C)(C)O)[nH]n3)c2C(N)=O)C(C)(C)O1.[Br-].[CH3-].[Mg+2]. The third-order valence-electron chi connectivity index (χ3n) is 9.80. The molecule has 17 nitrogen and oxygen atoms in total. The van der Waals surface area contributed by atoms with Crippen molar-refractivity contribution >= 4 is 85.1 Å². The van der Waals surface area contributed by atoms with Gasteiger partial charge < -0.3 is 65.8 Å². The zero-order chi connectivity index (χ0) is 44.7. The van der Waals surface area contributed by atoms with E-state index in [1.54, 1.807) is 13.8 Å². The van der Waals surface area contributed by atoms with Crippen LogP contribution in [0.4, 0.5) is 10.0 Å². The maximum absolute atomic E-state index is 12.7. The van der Waals surface area contributed by atoms with Crippen LogP contribution in [0.25, 0.3) is 0 Å². The Balaban J connectivity index is 0.000000373. The standard InChI is InChI=1S/C19H26N4O4S.C18H22N4O4S.C4H8O.CH3.BrH.Mg/c1-17(2)8-9-12(14(20)24)16(28-13(9)19(5,6)27-17)21-15(25)10-7-11(23-22-10)18(3,4)26;1-8(23)10-6-11(22-21-10)15(25)20-16-12(14(19)24)9-7-17(2,3)26-18(4,5)13(9)27-16;1-2-4-5-3-1;;;/h7,26H,8H2,1-6H3,(H2,20,24)(H,21,25)(H,22,23);6H,7H2,1-5H3,(H2,19,24)(H,20,25)(H,21,22);1-4H2;1H3;1H;/q;;;-1;;+2/p-1. The van der Waals surface area contributed by atoms with Crippen molar-refractivity contribution in [3.63, 3.8) is 0 Å². The van der Waals surface area contributed by atoms with Gasteiger partial charge in [-0.05, 0) is 105 Å². The Morgan fingerprint density at radius 3 is 1.52 bits per heavy atom. The number of thiophene rings is 2. The molecule has 4 aromatic heterocycles. The van der Waals surface area contributed by atoms with Crippen LogP contribution in [0.2, 0.25) is 0 Å². The molecule has 0 saturated carbocycles. The van der Waals surface area contributed by atoms with Crippen LogP contribution in [0.15, 0.2) is 12.1 Å². The molecule has 0 unspecified atom stereocenters. The summed E-state index contributed by atoms with van der Waals surface area (Å²) >= 11 is 2.56. The second-order valence-electron chi connectivity index (χ2n) is 17.7. The zero-order valence-electron chi connectivity index (χ0n) is 38.1. The van der Waals surface area contributed by atoms with Gasteiger partial charge in [-0.1, -0.05) is 0 Å². The van der Waals surface area contributed by atoms with Crippen molar-refractivity contribution < 1.29 is 60.3 Å². The minimum atomic E-state index is -1.15. The molecule has 0 bridgehead atoms. The summed E-state index contributed by atoms with van der Waals surface area (Å²) in [6.45, 7) is 22.1. The fourth-order valence-corrected chi connectivity index (χ4v) is 10.1. The van der Waals surface area contributed by atoms with Crippen molar-refractivity contribution in [3.05, 3.63) is 74.3 Å². The number of H-pyrrole nitrogens is 2. The number of ketones is 1. The Morgan fingerprint density at radius 1 is 0.746 bits per heavy atom. The maximum Gasteiger partial charge on any atom is 2.00 e. The molecule has 9 N–H and O–H groups in total. The summed E-state index contributed by atoms with van der Waals surface area (Å²) in [5.74, 6) is -2.46. The van der Waals surface area contributed by atoms with Gasteiger partial charge >= 0.3 is 23.1 Å². The van der Waals surface area contributed by atoms with Crippen molar-refractivity contribution in [2.24, 2.45) is 11.5 Å². The van der Waals surface area contributed by atoms with Gasteiger partial charge in [0.1, 0.15) is 27.0 Å². The van der Waals surface area contributed by atoms with Gasteiger partial charge in [0.05, 0.1) is 39.2 Å². The Labute approximate surface area is 402 Å². The van der Waals surface area contributed by atoms with E-state index in [1.165, 1.54) is 54.6 Å². The number of fused-ring (bicyclic) bond motifs is 2.